The summed E-state index contributed by atoms with van der Waals surface area (Å²) in [6.07, 6.45) is 1.45. The lowest BCUT2D eigenvalue weighted by Crippen LogP contribution is -2.22. The SMILES string of the molecule is Cc1cc(C(=O)NCc2cccc(NC(=O)c3ccco3)c2)sc1C. The van der Waals surface area contributed by atoms with Gasteiger partial charge in [-0.1, -0.05) is 12.1 Å². The maximum atomic E-state index is 12.2. The number of hydrogen-bond donors (Lipinski definition) is 2. The summed E-state index contributed by atoms with van der Waals surface area (Å²) in [6.45, 7) is 4.38. The lowest BCUT2D eigenvalue weighted by Gasteiger charge is -2.07. The van der Waals surface area contributed by atoms with E-state index in [0.717, 1.165) is 16.0 Å². The van der Waals surface area contributed by atoms with Crippen molar-refractivity contribution in [3.05, 3.63) is 75.4 Å². The Balaban J connectivity index is 1.61. The van der Waals surface area contributed by atoms with E-state index in [1.165, 1.54) is 17.6 Å². The van der Waals surface area contributed by atoms with Gasteiger partial charge in [-0.15, -0.1) is 11.3 Å². The summed E-state index contributed by atoms with van der Waals surface area (Å²) in [5, 5.41) is 5.68. The van der Waals surface area contributed by atoms with Crippen molar-refractivity contribution >= 4 is 28.8 Å². The summed E-state index contributed by atoms with van der Waals surface area (Å²) in [7, 11) is 0. The lowest BCUT2D eigenvalue weighted by atomic mass is 10.2. The zero-order valence-corrected chi connectivity index (χ0v) is 14.8. The molecule has 0 aliphatic rings. The molecule has 0 saturated carbocycles. The number of anilines is 1. The molecule has 1 aromatic carbocycles. The highest BCUT2D eigenvalue weighted by Gasteiger charge is 2.11. The molecule has 0 unspecified atom stereocenters. The van der Waals surface area contributed by atoms with Crippen molar-refractivity contribution in [2.45, 2.75) is 20.4 Å². The molecular weight excluding hydrogens is 336 g/mol. The van der Waals surface area contributed by atoms with E-state index < -0.39 is 0 Å². The van der Waals surface area contributed by atoms with Crippen LogP contribution in [0.1, 0.15) is 36.2 Å². The molecule has 6 heteroatoms. The Bertz CT molecular complexity index is 878. The van der Waals surface area contributed by atoms with E-state index in [1.807, 2.05) is 38.1 Å². The summed E-state index contributed by atoms with van der Waals surface area (Å²) in [4.78, 5) is 26.1. The standard InChI is InChI=1S/C19H18N2O3S/c1-12-9-17(25-13(12)2)19(23)20-11-14-5-3-6-15(10-14)21-18(22)16-7-4-8-24-16/h3-10H,11H2,1-2H3,(H,20,23)(H,21,22). The third-order valence-corrected chi connectivity index (χ3v) is 4.92. The van der Waals surface area contributed by atoms with Gasteiger partial charge >= 0.3 is 0 Å². The lowest BCUT2D eigenvalue weighted by molar-refractivity contribution is 0.0953. The van der Waals surface area contributed by atoms with Gasteiger partial charge in [0, 0.05) is 17.1 Å². The molecule has 5 nitrogen and oxygen atoms in total. The van der Waals surface area contributed by atoms with Crippen LogP contribution in [0.5, 0.6) is 0 Å². The van der Waals surface area contributed by atoms with Gasteiger partial charge in [0.1, 0.15) is 0 Å². The molecule has 0 saturated heterocycles. The average Bonchev–Trinajstić information content (AvgIpc) is 3.24. The number of rotatable bonds is 5. The number of carbonyl (C=O) groups excluding carboxylic acids is 2. The van der Waals surface area contributed by atoms with Crippen LogP contribution in [0.15, 0.2) is 53.1 Å². The van der Waals surface area contributed by atoms with Gasteiger partial charge in [0.15, 0.2) is 5.76 Å². The Hall–Kier alpha value is -2.86. The van der Waals surface area contributed by atoms with Crippen LogP contribution in [-0.2, 0) is 6.54 Å². The number of thiophene rings is 1. The van der Waals surface area contributed by atoms with Crippen molar-refractivity contribution in [1.29, 1.82) is 0 Å². The first-order valence-electron chi connectivity index (χ1n) is 7.82. The Morgan fingerprint density at radius 1 is 1.08 bits per heavy atom. The minimum Gasteiger partial charge on any atom is -0.459 e. The van der Waals surface area contributed by atoms with Crippen LogP contribution < -0.4 is 10.6 Å². The van der Waals surface area contributed by atoms with Gasteiger partial charge in [0.05, 0.1) is 11.1 Å². The molecule has 2 heterocycles. The molecule has 0 atom stereocenters. The second-order valence-corrected chi connectivity index (χ2v) is 6.92. The fourth-order valence-electron chi connectivity index (χ4n) is 2.31. The molecule has 128 valence electrons. The zero-order chi connectivity index (χ0) is 17.8. The van der Waals surface area contributed by atoms with Crippen LogP contribution in [0, 0.1) is 13.8 Å². The van der Waals surface area contributed by atoms with Crippen LogP contribution >= 0.6 is 11.3 Å². The summed E-state index contributed by atoms with van der Waals surface area (Å²) < 4.78 is 5.07. The molecule has 2 aromatic heterocycles. The largest absolute Gasteiger partial charge is 0.459 e. The summed E-state index contributed by atoms with van der Waals surface area (Å²) in [5.41, 5.74) is 2.67. The molecule has 0 aliphatic carbocycles. The summed E-state index contributed by atoms with van der Waals surface area (Å²) in [6, 6.07) is 12.5. The first-order chi connectivity index (χ1) is 12.0. The van der Waals surface area contributed by atoms with E-state index in [9.17, 15) is 9.59 Å². The van der Waals surface area contributed by atoms with Gasteiger partial charge < -0.3 is 15.1 Å². The highest BCUT2D eigenvalue weighted by molar-refractivity contribution is 7.14. The normalized spacial score (nSPS) is 10.5. The average molecular weight is 354 g/mol. The van der Waals surface area contributed by atoms with Crippen LogP contribution in [-0.4, -0.2) is 11.8 Å². The van der Waals surface area contributed by atoms with Crippen molar-refractivity contribution in [2.75, 3.05) is 5.32 Å². The minimum absolute atomic E-state index is 0.0915. The predicted octanol–water partition coefficient (Wildman–Crippen LogP) is 4.14. The van der Waals surface area contributed by atoms with Gasteiger partial charge in [-0.3, -0.25) is 9.59 Å². The monoisotopic (exact) mass is 354 g/mol. The number of aryl methyl sites for hydroxylation is 2. The number of benzene rings is 1. The molecule has 0 spiro atoms. The molecule has 0 bridgehead atoms. The van der Waals surface area contributed by atoms with Crippen LogP contribution in [0.4, 0.5) is 5.69 Å². The van der Waals surface area contributed by atoms with Gasteiger partial charge in [0.25, 0.3) is 11.8 Å². The molecular formula is C19H18N2O3S. The van der Waals surface area contributed by atoms with Crippen molar-refractivity contribution < 1.29 is 14.0 Å². The molecule has 0 fully saturated rings. The van der Waals surface area contributed by atoms with Crippen molar-refractivity contribution in [3.63, 3.8) is 0 Å². The van der Waals surface area contributed by atoms with E-state index >= 15 is 0 Å². The van der Waals surface area contributed by atoms with Gasteiger partial charge in [-0.25, -0.2) is 0 Å². The smallest absolute Gasteiger partial charge is 0.291 e. The van der Waals surface area contributed by atoms with Gasteiger partial charge in [-0.2, -0.15) is 0 Å². The quantitative estimate of drug-likeness (QED) is 0.723. The van der Waals surface area contributed by atoms with Crippen molar-refractivity contribution in [1.82, 2.24) is 5.32 Å². The second kappa shape index (κ2) is 7.36. The number of nitrogens with one attached hydrogen (secondary N) is 2. The maximum absolute atomic E-state index is 12.2. The first kappa shape index (κ1) is 17.0. The molecule has 25 heavy (non-hydrogen) atoms. The Morgan fingerprint density at radius 2 is 1.92 bits per heavy atom. The Kier molecular flexibility index (Phi) is 5.00. The zero-order valence-electron chi connectivity index (χ0n) is 14.0. The fraction of sp³-hybridized carbons (Fsp3) is 0.158. The third kappa shape index (κ3) is 4.16. The Labute approximate surface area is 149 Å². The fourth-order valence-corrected chi connectivity index (χ4v) is 3.26. The van der Waals surface area contributed by atoms with E-state index in [-0.39, 0.29) is 17.6 Å². The number of hydrogen-bond acceptors (Lipinski definition) is 4. The van der Waals surface area contributed by atoms with E-state index in [4.69, 9.17) is 4.42 Å². The molecule has 3 rings (SSSR count). The molecule has 0 aliphatic heterocycles. The molecule has 2 N–H and O–H groups in total. The molecule has 2 amide bonds. The van der Waals surface area contributed by atoms with E-state index in [2.05, 4.69) is 10.6 Å². The number of carbonyl (C=O) groups is 2. The molecule has 3 aromatic rings. The number of amides is 2. The second-order valence-electron chi connectivity index (χ2n) is 5.66. The van der Waals surface area contributed by atoms with Crippen molar-refractivity contribution in [3.8, 4) is 0 Å². The Morgan fingerprint density at radius 3 is 2.60 bits per heavy atom. The van der Waals surface area contributed by atoms with E-state index in [1.54, 1.807) is 18.2 Å². The highest BCUT2D eigenvalue weighted by atomic mass is 32.1. The minimum atomic E-state index is -0.310. The first-order valence-corrected chi connectivity index (χ1v) is 8.63. The van der Waals surface area contributed by atoms with Crippen LogP contribution in [0.3, 0.4) is 0 Å². The third-order valence-electron chi connectivity index (χ3n) is 3.77. The van der Waals surface area contributed by atoms with Crippen molar-refractivity contribution in [2.24, 2.45) is 0 Å². The summed E-state index contributed by atoms with van der Waals surface area (Å²) >= 11 is 1.49. The van der Waals surface area contributed by atoms with Crippen LogP contribution in [0.25, 0.3) is 0 Å². The highest BCUT2D eigenvalue weighted by Crippen LogP contribution is 2.20. The topological polar surface area (TPSA) is 71.3 Å². The molecule has 0 radical (unpaired) electrons. The number of furan rings is 1. The van der Waals surface area contributed by atoms with E-state index in [0.29, 0.717) is 17.1 Å². The predicted molar refractivity (Wildman–Crippen MR) is 98.1 cm³/mol. The summed E-state index contributed by atoms with van der Waals surface area (Å²) in [5.74, 6) is -0.149. The van der Waals surface area contributed by atoms with Gasteiger partial charge in [-0.05, 0) is 55.3 Å². The van der Waals surface area contributed by atoms with Crippen LogP contribution in [0.2, 0.25) is 0 Å². The maximum Gasteiger partial charge on any atom is 0.291 e. The van der Waals surface area contributed by atoms with Gasteiger partial charge in [0.2, 0.25) is 0 Å².